The van der Waals surface area contributed by atoms with E-state index in [1.54, 1.807) is 19.4 Å². The van der Waals surface area contributed by atoms with E-state index in [1.165, 1.54) is 12.0 Å². The van der Waals surface area contributed by atoms with E-state index in [4.69, 9.17) is 9.72 Å². The molecule has 2 N–H and O–H groups in total. The molecule has 2 aromatic rings. The van der Waals surface area contributed by atoms with E-state index in [9.17, 15) is 9.90 Å². The number of unbranched alkanes of at least 4 members (excludes halogenated alkanes) is 3. The normalized spacial score (nSPS) is 14.0. The topological polar surface area (TPSA) is 84.3 Å². The standard InChI is InChI=1S/C23H31N3O3/c1-29-21-13-11-19(16-25-21)18(15-22(27)28)7-4-2-3-5-9-20-12-10-17-8-6-14-24-23(17)26-20/h10-13,16,18H,2-9,14-15H2,1H3,(H,24,26)(H,27,28)/t18-/m0/s1. The molecular formula is C23H31N3O3. The molecular weight excluding hydrogens is 366 g/mol. The Bertz CT molecular complexity index is 792. The molecule has 156 valence electrons. The number of fused-ring (bicyclic) bond motifs is 1. The number of carboxylic acid groups (broad SMARTS) is 1. The first-order chi connectivity index (χ1) is 14.2. The average molecular weight is 398 g/mol. The van der Waals surface area contributed by atoms with E-state index < -0.39 is 5.97 Å². The van der Waals surface area contributed by atoms with Gasteiger partial charge >= 0.3 is 5.97 Å². The fraction of sp³-hybridized carbons (Fsp3) is 0.522. The zero-order valence-corrected chi connectivity index (χ0v) is 17.2. The highest BCUT2D eigenvalue weighted by molar-refractivity contribution is 5.68. The molecule has 0 unspecified atom stereocenters. The maximum absolute atomic E-state index is 11.2. The lowest BCUT2D eigenvalue weighted by Gasteiger charge is -2.17. The van der Waals surface area contributed by atoms with E-state index in [1.807, 2.05) is 6.07 Å². The van der Waals surface area contributed by atoms with Crippen LogP contribution in [0.2, 0.25) is 0 Å². The van der Waals surface area contributed by atoms with Gasteiger partial charge < -0.3 is 15.2 Å². The van der Waals surface area contributed by atoms with Crippen LogP contribution in [0.3, 0.4) is 0 Å². The van der Waals surface area contributed by atoms with Crippen molar-refractivity contribution >= 4 is 11.8 Å². The van der Waals surface area contributed by atoms with Gasteiger partial charge in [0.25, 0.3) is 0 Å². The first-order valence-electron chi connectivity index (χ1n) is 10.6. The summed E-state index contributed by atoms with van der Waals surface area (Å²) in [6.45, 7) is 1.02. The van der Waals surface area contributed by atoms with Crippen molar-refractivity contribution in [3.8, 4) is 5.88 Å². The zero-order chi connectivity index (χ0) is 20.5. The smallest absolute Gasteiger partial charge is 0.303 e. The van der Waals surface area contributed by atoms with Crippen LogP contribution in [0.4, 0.5) is 5.82 Å². The molecule has 3 rings (SSSR count). The Morgan fingerprint density at radius 1 is 1.21 bits per heavy atom. The summed E-state index contributed by atoms with van der Waals surface area (Å²) in [7, 11) is 1.58. The lowest BCUT2D eigenvalue weighted by atomic mass is 9.91. The summed E-state index contributed by atoms with van der Waals surface area (Å²) in [5, 5.41) is 12.6. The summed E-state index contributed by atoms with van der Waals surface area (Å²) in [5.41, 5.74) is 3.46. The maximum Gasteiger partial charge on any atom is 0.303 e. The molecule has 29 heavy (non-hydrogen) atoms. The highest BCUT2D eigenvalue weighted by Crippen LogP contribution is 2.27. The fourth-order valence-electron chi connectivity index (χ4n) is 3.91. The highest BCUT2D eigenvalue weighted by Gasteiger charge is 2.16. The molecule has 1 aliphatic heterocycles. The van der Waals surface area contributed by atoms with Crippen molar-refractivity contribution in [2.45, 2.75) is 63.7 Å². The van der Waals surface area contributed by atoms with Crippen molar-refractivity contribution in [2.24, 2.45) is 0 Å². The third kappa shape index (κ3) is 6.44. The van der Waals surface area contributed by atoms with Crippen LogP contribution in [0, 0.1) is 0 Å². The number of ether oxygens (including phenoxy) is 1. The first-order valence-corrected chi connectivity index (χ1v) is 10.6. The average Bonchev–Trinajstić information content (AvgIpc) is 2.75. The van der Waals surface area contributed by atoms with Crippen LogP contribution in [0.1, 0.15) is 67.7 Å². The van der Waals surface area contributed by atoms with Gasteiger partial charge in [-0.15, -0.1) is 0 Å². The summed E-state index contributed by atoms with van der Waals surface area (Å²) in [6, 6.07) is 8.09. The molecule has 0 aliphatic carbocycles. The van der Waals surface area contributed by atoms with Crippen LogP contribution < -0.4 is 10.1 Å². The SMILES string of the molecule is COc1ccc([C@@H](CCCCCCc2ccc3c(n2)NCCC3)CC(=O)O)cn1. The predicted octanol–water partition coefficient (Wildman–Crippen LogP) is 4.59. The van der Waals surface area contributed by atoms with Crippen LogP contribution in [0.15, 0.2) is 30.5 Å². The third-order valence-electron chi connectivity index (χ3n) is 5.55. The van der Waals surface area contributed by atoms with Gasteiger partial charge in [0.2, 0.25) is 5.88 Å². The number of hydrogen-bond donors (Lipinski definition) is 2. The van der Waals surface area contributed by atoms with Crippen molar-refractivity contribution in [2.75, 3.05) is 19.0 Å². The first kappa shape index (κ1) is 21.1. The number of aromatic nitrogens is 2. The molecule has 0 saturated carbocycles. The molecule has 0 fully saturated rings. The molecule has 0 radical (unpaired) electrons. The van der Waals surface area contributed by atoms with Gasteiger partial charge in [-0.25, -0.2) is 9.97 Å². The van der Waals surface area contributed by atoms with Crippen molar-refractivity contribution in [1.29, 1.82) is 0 Å². The Labute approximate surface area is 172 Å². The number of nitrogens with zero attached hydrogens (tertiary/aromatic N) is 2. The molecule has 0 bridgehead atoms. The second kappa shape index (κ2) is 10.8. The van der Waals surface area contributed by atoms with Gasteiger partial charge in [0.1, 0.15) is 5.82 Å². The second-order valence-electron chi connectivity index (χ2n) is 7.72. The van der Waals surface area contributed by atoms with Crippen LogP contribution in [0.25, 0.3) is 0 Å². The molecule has 0 amide bonds. The Morgan fingerprint density at radius 2 is 2.07 bits per heavy atom. The minimum Gasteiger partial charge on any atom is -0.481 e. The van der Waals surface area contributed by atoms with E-state index in [0.717, 1.165) is 68.6 Å². The van der Waals surface area contributed by atoms with Gasteiger partial charge in [-0.05, 0) is 55.2 Å². The van der Waals surface area contributed by atoms with E-state index in [0.29, 0.717) is 5.88 Å². The fourth-order valence-corrected chi connectivity index (χ4v) is 3.91. The highest BCUT2D eigenvalue weighted by atomic mass is 16.5. The Kier molecular flexibility index (Phi) is 7.85. The number of pyridine rings is 2. The summed E-state index contributed by atoms with van der Waals surface area (Å²) >= 11 is 0. The van der Waals surface area contributed by atoms with Gasteiger partial charge in [0, 0.05) is 24.5 Å². The Balaban J connectivity index is 1.41. The Hall–Kier alpha value is -2.63. The predicted molar refractivity (Wildman–Crippen MR) is 114 cm³/mol. The summed E-state index contributed by atoms with van der Waals surface area (Å²) in [4.78, 5) is 20.2. The number of aliphatic carboxylic acids is 1. The number of methoxy groups -OCH3 is 1. The van der Waals surface area contributed by atoms with Gasteiger partial charge in [0.05, 0.1) is 13.5 Å². The van der Waals surface area contributed by atoms with E-state index in [-0.39, 0.29) is 12.3 Å². The summed E-state index contributed by atoms with van der Waals surface area (Å²) < 4.78 is 5.09. The third-order valence-corrected chi connectivity index (χ3v) is 5.55. The molecule has 3 heterocycles. The van der Waals surface area contributed by atoms with Crippen molar-refractivity contribution in [1.82, 2.24) is 9.97 Å². The molecule has 0 saturated heterocycles. The maximum atomic E-state index is 11.2. The lowest BCUT2D eigenvalue weighted by Crippen LogP contribution is -2.13. The van der Waals surface area contributed by atoms with Crippen LogP contribution in [-0.2, 0) is 17.6 Å². The zero-order valence-electron chi connectivity index (χ0n) is 17.2. The van der Waals surface area contributed by atoms with Crippen molar-refractivity contribution < 1.29 is 14.6 Å². The minimum atomic E-state index is -0.766. The summed E-state index contributed by atoms with van der Waals surface area (Å²) in [5.74, 6) is 0.851. The molecule has 6 nitrogen and oxygen atoms in total. The van der Waals surface area contributed by atoms with Crippen molar-refractivity contribution in [3.05, 3.63) is 47.3 Å². The largest absolute Gasteiger partial charge is 0.481 e. The molecule has 6 heteroatoms. The molecule has 1 aliphatic rings. The monoisotopic (exact) mass is 397 g/mol. The van der Waals surface area contributed by atoms with Crippen LogP contribution >= 0.6 is 0 Å². The summed E-state index contributed by atoms with van der Waals surface area (Å²) in [6.07, 6.45) is 10.4. The van der Waals surface area contributed by atoms with Gasteiger partial charge in [0.15, 0.2) is 0 Å². The number of hydrogen-bond acceptors (Lipinski definition) is 5. The molecule has 0 spiro atoms. The van der Waals surface area contributed by atoms with Crippen LogP contribution in [0.5, 0.6) is 5.88 Å². The quantitative estimate of drug-likeness (QED) is 0.539. The molecule has 1 atom stereocenters. The number of carbonyl (C=O) groups is 1. The number of anilines is 1. The molecule has 0 aromatic carbocycles. The molecule has 2 aromatic heterocycles. The number of aryl methyl sites for hydroxylation is 2. The number of nitrogens with one attached hydrogen (secondary N) is 1. The van der Waals surface area contributed by atoms with Gasteiger partial charge in [-0.1, -0.05) is 31.4 Å². The minimum absolute atomic E-state index is 0.000655. The van der Waals surface area contributed by atoms with Crippen molar-refractivity contribution in [3.63, 3.8) is 0 Å². The second-order valence-corrected chi connectivity index (χ2v) is 7.72. The lowest BCUT2D eigenvalue weighted by molar-refractivity contribution is -0.137. The van der Waals surface area contributed by atoms with Crippen LogP contribution in [-0.4, -0.2) is 34.7 Å². The van der Waals surface area contributed by atoms with Gasteiger partial charge in [-0.3, -0.25) is 4.79 Å². The van der Waals surface area contributed by atoms with Gasteiger partial charge in [-0.2, -0.15) is 0 Å². The number of carboxylic acids is 1. The Morgan fingerprint density at radius 3 is 2.83 bits per heavy atom. The van der Waals surface area contributed by atoms with E-state index >= 15 is 0 Å². The number of rotatable bonds is 11. The van der Waals surface area contributed by atoms with E-state index in [2.05, 4.69) is 22.4 Å².